The van der Waals surface area contributed by atoms with E-state index in [1.165, 1.54) is 41.2 Å². The predicted octanol–water partition coefficient (Wildman–Crippen LogP) is 3.77. The normalized spacial score (nSPS) is 29.5. The summed E-state index contributed by atoms with van der Waals surface area (Å²) in [5, 5.41) is 10.2. The summed E-state index contributed by atoms with van der Waals surface area (Å²) >= 11 is 2.46. The van der Waals surface area contributed by atoms with Gasteiger partial charge in [-0.2, -0.15) is 0 Å². The lowest BCUT2D eigenvalue weighted by molar-refractivity contribution is 0.00867. The number of nitrogens with zero attached hydrogens (tertiary/aromatic N) is 1. The van der Waals surface area contributed by atoms with Gasteiger partial charge in [-0.1, -0.05) is 31.0 Å². The fourth-order valence-electron chi connectivity index (χ4n) is 3.87. The first-order chi connectivity index (χ1) is 9.75. The summed E-state index contributed by atoms with van der Waals surface area (Å²) < 4.78 is 1.40. The van der Waals surface area contributed by atoms with Gasteiger partial charge < -0.3 is 5.11 Å². The molecule has 2 atom stereocenters. The first-order valence-electron chi connectivity index (χ1n) is 7.92. The third-order valence-corrected chi connectivity index (χ3v) is 6.02. The number of benzene rings is 1. The molecule has 1 aromatic rings. The lowest BCUT2D eigenvalue weighted by atomic mass is 9.86. The zero-order valence-electron chi connectivity index (χ0n) is 12.0. The van der Waals surface area contributed by atoms with Gasteiger partial charge in [0.25, 0.3) is 0 Å². The smallest absolute Gasteiger partial charge is 0.0695 e. The molecule has 2 aliphatic rings. The van der Waals surface area contributed by atoms with Gasteiger partial charge in [0.2, 0.25) is 0 Å². The van der Waals surface area contributed by atoms with Crippen LogP contribution in [0.3, 0.4) is 0 Å². The van der Waals surface area contributed by atoms with Gasteiger partial charge in [-0.3, -0.25) is 4.90 Å². The summed E-state index contributed by atoms with van der Waals surface area (Å²) in [5.74, 6) is 0.708. The van der Waals surface area contributed by atoms with Gasteiger partial charge in [0.05, 0.1) is 6.10 Å². The Morgan fingerprint density at radius 3 is 2.40 bits per heavy atom. The lowest BCUT2D eigenvalue weighted by Gasteiger charge is -2.41. The van der Waals surface area contributed by atoms with E-state index in [0.717, 1.165) is 19.5 Å². The molecule has 2 unspecified atom stereocenters. The average molecular weight is 385 g/mol. The second-order valence-corrected chi connectivity index (χ2v) is 7.41. The Labute approximate surface area is 135 Å². The molecule has 1 saturated heterocycles. The molecule has 110 valence electrons. The van der Waals surface area contributed by atoms with E-state index in [1.54, 1.807) is 0 Å². The average Bonchev–Trinajstić information content (AvgIpc) is 2.49. The fourth-order valence-corrected chi connectivity index (χ4v) is 4.69. The van der Waals surface area contributed by atoms with Gasteiger partial charge in [-0.25, -0.2) is 0 Å². The van der Waals surface area contributed by atoms with Crippen LogP contribution in [0.15, 0.2) is 24.3 Å². The molecule has 20 heavy (non-hydrogen) atoms. The summed E-state index contributed by atoms with van der Waals surface area (Å²) in [6.45, 7) is 2.30. The highest BCUT2D eigenvalue weighted by Crippen LogP contribution is 2.33. The molecule has 0 spiro atoms. The van der Waals surface area contributed by atoms with E-state index in [1.807, 2.05) is 0 Å². The van der Waals surface area contributed by atoms with Crippen LogP contribution in [-0.4, -0.2) is 35.2 Å². The van der Waals surface area contributed by atoms with Crippen LogP contribution in [0.1, 0.15) is 50.0 Å². The quantitative estimate of drug-likeness (QED) is 0.784. The number of halogens is 1. The first-order valence-corrected chi connectivity index (χ1v) is 9.00. The summed E-state index contributed by atoms with van der Waals surface area (Å²) in [5.41, 5.74) is 1.52. The van der Waals surface area contributed by atoms with Crippen LogP contribution >= 0.6 is 22.6 Å². The van der Waals surface area contributed by atoms with Crippen molar-refractivity contribution in [2.75, 3.05) is 13.1 Å². The Balaban J connectivity index is 1.61. The maximum atomic E-state index is 10.2. The van der Waals surface area contributed by atoms with Crippen LogP contribution in [0, 0.1) is 3.57 Å². The highest BCUT2D eigenvalue weighted by Gasteiger charge is 2.31. The van der Waals surface area contributed by atoms with E-state index in [-0.39, 0.29) is 6.10 Å². The van der Waals surface area contributed by atoms with Crippen molar-refractivity contribution >= 4 is 22.6 Å². The molecular formula is C17H24INO. The Kier molecular flexibility index (Phi) is 5.00. The molecule has 2 fully saturated rings. The van der Waals surface area contributed by atoms with Crippen molar-refractivity contribution in [1.82, 2.24) is 4.90 Å². The van der Waals surface area contributed by atoms with Crippen LogP contribution in [0.4, 0.5) is 0 Å². The minimum Gasteiger partial charge on any atom is -0.391 e. The Bertz CT molecular complexity index is 442. The second kappa shape index (κ2) is 6.75. The van der Waals surface area contributed by atoms with Crippen molar-refractivity contribution in [2.24, 2.45) is 0 Å². The zero-order valence-corrected chi connectivity index (χ0v) is 14.1. The number of piperidine rings is 1. The summed E-state index contributed by atoms with van der Waals surface area (Å²) in [7, 11) is 0. The van der Waals surface area contributed by atoms with Crippen molar-refractivity contribution in [2.45, 2.75) is 56.6 Å². The van der Waals surface area contributed by atoms with Crippen LogP contribution in [0.25, 0.3) is 0 Å². The number of aliphatic hydroxyl groups is 1. The summed E-state index contributed by atoms with van der Waals surface area (Å²) in [6, 6.07) is 9.22. The van der Waals surface area contributed by atoms with Crippen LogP contribution in [-0.2, 0) is 0 Å². The van der Waals surface area contributed by atoms with E-state index in [4.69, 9.17) is 0 Å². The van der Waals surface area contributed by atoms with Crippen molar-refractivity contribution < 1.29 is 5.11 Å². The number of hydrogen-bond acceptors (Lipinski definition) is 2. The van der Waals surface area contributed by atoms with E-state index in [0.29, 0.717) is 12.0 Å². The van der Waals surface area contributed by atoms with Crippen molar-refractivity contribution in [3.63, 3.8) is 0 Å². The molecule has 1 aliphatic carbocycles. The van der Waals surface area contributed by atoms with Gasteiger partial charge >= 0.3 is 0 Å². The monoisotopic (exact) mass is 385 g/mol. The number of hydrogen-bond donors (Lipinski definition) is 1. The summed E-state index contributed by atoms with van der Waals surface area (Å²) in [6.07, 6.45) is 7.08. The molecule has 3 heteroatoms. The number of aliphatic hydroxyl groups excluding tert-OH is 1. The van der Waals surface area contributed by atoms with E-state index < -0.39 is 0 Å². The van der Waals surface area contributed by atoms with Gasteiger partial charge in [0.1, 0.15) is 0 Å². The Hall–Kier alpha value is -0.130. The molecule has 1 heterocycles. The molecule has 0 bridgehead atoms. The number of likely N-dealkylation sites (tertiary alicyclic amines) is 1. The van der Waals surface area contributed by atoms with Gasteiger partial charge in [-0.15, -0.1) is 0 Å². The second-order valence-electron chi connectivity index (χ2n) is 6.25. The fraction of sp³-hybridized carbons (Fsp3) is 0.647. The third-order valence-electron chi connectivity index (χ3n) is 5.04. The largest absolute Gasteiger partial charge is 0.391 e. The van der Waals surface area contributed by atoms with E-state index >= 15 is 0 Å². The zero-order chi connectivity index (χ0) is 13.9. The van der Waals surface area contributed by atoms with Gasteiger partial charge in [0.15, 0.2) is 0 Å². The highest BCUT2D eigenvalue weighted by molar-refractivity contribution is 14.1. The molecule has 0 radical (unpaired) electrons. The lowest BCUT2D eigenvalue weighted by Crippen LogP contribution is -2.48. The SMILES string of the molecule is OC1CCCCC1N1CCC(c2ccccc2I)CC1. The standard InChI is InChI=1S/C17H24INO/c18-15-6-2-1-5-14(15)13-9-11-19(12-10-13)16-7-3-4-8-17(16)20/h1-2,5-6,13,16-17,20H,3-4,7-12H2. The van der Waals surface area contributed by atoms with Gasteiger partial charge in [-0.05, 0) is 78.9 Å². The van der Waals surface area contributed by atoms with Crippen molar-refractivity contribution in [3.8, 4) is 0 Å². The third kappa shape index (κ3) is 3.20. The van der Waals surface area contributed by atoms with Crippen molar-refractivity contribution in [3.05, 3.63) is 33.4 Å². The first kappa shape index (κ1) is 14.8. The minimum absolute atomic E-state index is 0.0860. The van der Waals surface area contributed by atoms with Crippen LogP contribution in [0.2, 0.25) is 0 Å². The van der Waals surface area contributed by atoms with Crippen molar-refractivity contribution in [1.29, 1.82) is 0 Å². The molecule has 2 nitrogen and oxygen atoms in total. The predicted molar refractivity (Wildman–Crippen MR) is 91.0 cm³/mol. The van der Waals surface area contributed by atoms with Gasteiger partial charge in [0, 0.05) is 9.61 Å². The van der Waals surface area contributed by atoms with Crippen LogP contribution in [0.5, 0.6) is 0 Å². The Morgan fingerprint density at radius 2 is 1.70 bits per heavy atom. The summed E-state index contributed by atoms with van der Waals surface area (Å²) in [4.78, 5) is 2.55. The molecule has 1 saturated carbocycles. The molecule has 1 aliphatic heterocycles. The van der Waals surface area contributed by atoms with E-state index in [9.17, 15) is 5.11 Å². The maximum absolute atomic E-state index is 10.2. The molecule has 0 aromatic heterocycles. The van der Waals surface area contributed by atoms with Crippen LogP contribution < -0.4 is 0 Å². The maximum Gasteiger partial charge on any atom is 0.0695 e. The highest BCUT2D eigenvalue weighted by atomic mass is 127. The molecule has 0 amide bonds. The topological polar surface area (TPSA) is 23.5 Å². The molecular weight excluding hydrogens is 361 g/mol. The molecule has 1 N–H and O–H groups in total. The Morgan fingerprint density at radius 1 is 1.00 bits per heavy atom. The number of rotatable bonds is 2. The minimum atomic E-state index is -0.0860. The molecule has 1 aromatic carbocycles. The molecule has 3 rings (SSSR count). The van der Waals surface area contributed by atoms with E-state index in [2.05, 4.69) is 51.8 Å².